The molecule has 0 aliphatic rings. The van der Waals surface area contributed by atoms with E-state index in [1.54, 1.807) is 30.3 Å². The van der Waals surface area contributed by atoms with Crippen molar-refractivity contribution in [2.45, 2.75) is 9.96 Å². The number of nitrogens with one attached hydrogen (secondary N) is 2. The highest BCUT2D eigenvalue weighted by atomic mass is 35.6. The number of rotatable bonds is 6. The van der Waals surface area contributed by atoms with E-state index in [-0.39, 0.29) is 5.56 Å². The van der Waals surface area contributed by atoms with Gasteiger partial charge in [0.25, 0.3) is 0 Å². The van der Waals surface area contributed by atoms with E-state index in [1.165, 1.54) is 13.2 Å². The molecule has 0 unspecified atom stereocenters. The van der Waals surface area contributed by atoms with Gasteiger partial charge in [0, 0.05) is 6.08 Å². The Balaban J connectivity index is 2.16. The molecule has 0 spiro atoms. The molecule has 1 amide bonds. The summed E-state index contributed by atoms with van der Waals surface area (Å²) < 4.78 is 2.86. The van der Waals surface area contributed by atoms with E-state index >= 15 is 0 Å². The lowest BCUT2D eigenvalue weighted by Gasteiger charge is -2.27. The molecule has 27 heavy (non-hydrogen) atoms. The summed E-state index contributed by atoms with van der Waals surface area (Å²) >= 11 is 18.0. The molecule has 0 saturated carbocycles. The first-order valence-electron chi connectivity index (χ1n) is 7.85. The molecule has 8 heteroatoms. The van der Waals surface area contributed by atoms with Crippen molar-refractivity contribution in [1.82, 2.24) is 5.32 Å². The van der Waals surface area contributed by atoms with Crippen molar-refractivity contribution in [1.29, 1.82) is 0 Å². The molecule has 0 aliphatic carbocycles. The maximum atomic E-state index is 12.2. The van der Waals surface area contributed by atoms with Crippen LogP contribution in [0.3, 0.4) is 0 Å². The van der Waals surface area contributed by atoms with Crippen LogP contribution in [0.5, 0.6) is 0 Å². The van der Waals surface area contributed by atoms with Crippen LogP contribution >= 0.6 is 34.8 Å². The quantitative estimate of drug-likeness (QED) is 0.310. The molecule has 0 radical (unpaired) electrons. The van der Waals surface area contributed by atoms with Crippen LogP contribution in [0.4, 0.5) is 5.69 Å². The van der Waals surface area contributed by atoms with E-state index < -0.39 is 21.8 Å². The second-order valence-corrected chi connectivity index (χ2v) is 7.78. The second-order valence-electron chi connectivity index (χ2n) is 5.41. The molecular formula is C19H17Cl3N2O3. The fourth-order valence-corrected chi connectivity index (χ4v) is 2.51. The van der Waals surface area contributed by atoms with E-state index in [2.05, 4.69) is 10.6 Å². The van der Waals surface area contributed by atoms with Gasteiger partial charge in [0.15, 0.2) is 0 Å². The number of hydrogen-bond donors (Lipinski definition) is 2. The number of carbonyl (C=O) groups excluding carboxylic acids is 2. The average molecular weight is 428 g/mol. The van der Waals surface area contributed by atoms with Crippen molar-refractivity contribution in [2.24, 2.45) is 0 Å². The third-order valence-electron chi connectivity index (χ3n) is 3.47. The first-order chi connectivity index (χ1) is 12.8. The molecule has 2 rings (SSSR count). The summed E-state index contributed by atoms with van der Waals surface area (Å²) in [5.41, 5.74) is 1.45. The number of hydrogen-bond acceptors (Lipinski definition) is 4. The molecular weight excluding hydrogens is 411 g/mol. The summed E-state index contributed by atoms with van der Waals surface area (Å²) in [6.45, 7) is 0. The third-order valence-corrected chi connectivity index (χ3v) is 4.13. The molecule has 142 valence electrons. The van der Waals surface area contributed by atoms with Crippen LogP contribution in [0, 0.1) is 0 Å². The largest absolute Gasteiger partial charge is 0.465 e. The fraction of sp³-hybridized carbons (Fsp3) is 0.158. The number of benzene rings is 2. The summed E-state index contributed by atoms with van der Waals surface area (Å²) in [5, 5.41) is 5.44. The van der Waals surface area contributed by atoms with Gasteiger partial charge in [-0.15, -0.1) is 0 Å². The summed E-state index contributed by atoms with van der Waals surface area (Å²) in [6, 6.07) is 15.8. The summed E-state index contributed by atoms with van der Waals surface area (Å²) in [5.74, 6) is -1.03. The molecule has 0 bridgehead atoms. The maximum Gasteiger partial charge on any atom is 0.339 e. The van der Waals surface area contributed by atoms with Crippen LogP contribution in [-0.4, -0.2) is 28.9 Å². The predicted molar refractivity (Wildman–Crippen MR) is 109 cm³/mol. The molecule has 0 aromatic heterocycles. The number of ether oxygens (including phenoxy) is 1. The Morgan fingerprint density at radius 3 is 2.30 bits per heavy atom. The number of para-hydroxylation sites is 1. The van der Waals surface area contributed by atoms with Crippen LogP contribution in [0.1, 0.15) is 15.9 Å². The molecule has 2 aromatic rings. The van der Waals surface area contributed by atoms with Gasteiger partial charge in [-0.2, -0.15) is 0 Å². The Labute approximate surface area is 172 Å². The number of amides is 1. The number of methoxy groups -OCH3 is 1. The lowest BCUT2D eigenvalue weighted by molar-refractivity contribution is -0.116. The molecule has 1 atom stereocenters. The van der Waals surface area contributed by atoms with Crippen molar-refractivity contribution in [3.05, 3.63) is 71.8 Å². The number of halogens is 3. The van der Waals surface area contributed by atoms with Crippen molar-refractivity contribution in [2.75, 3.05) is 12.4 Å². The highest BCUT2D eigenvalue weighted by Gasteiger charge is 2.34. The van der Waals surface area contributed by atoms with Gasteiger partial charge in [-0.1, -0.05) is 77.3 Å². The molecule has 5 nitrogen and oxygen atoms in total. The van der Waals surface area contributed by atoms with Crippen LogP contribution in [0.15, 0.2) is 60.7 Å². The lowest BCUT2D eigenvalue weighted by Crippen LogP contribution is -2.48. The van der Waals surface area contributed by atoms with Crippen LogP contribution in [0.2, 0.25) is 0 Å². The van der Waals surface area contributed by atoms with Gasteiger partial charge in [0.2, 0.25) is 9.70 Å². The zero-order valence-corrected chi connectivity index (χ0v) is 16.6. The van der Waals surface area contributed by atoms with Crippen LogP contribution in [-0.2, 0) is 9.53 Å². The molecule has 0 fully saturated rings. The summed E-state index contributed by atoms with van der Waals surface area (Å²) in [4.78, 5) is 24.1. The Kier molecular flexibility index (Phi) is 7.54. The molecule has 0 heterocycles. The average Bonchev–Trinajstić information content (AvgIpc) is 2.65. The minimum Gasteiger partial charge on any atom is -0.465 e. The predicted octanol–water partition coefficient (Wildman–Crippen LogP) is 4.41. The van der Waals surface area contributed by atoms with Gasteiger partial charge in [0.05, 0.1) is 18.4 Å². The fourth-order valence-electron chi connectivity index (χ4n) is 2.18. The zero-order valence-electron chi connectivity index (χ0n) is 14.3. The van der Waals surface area contributed by atoms with E-state index in [0.29, 0.717) is 5.69 Å². The number of esters is 1. The second kappa shape index (κ2) is 9.65. The Bertz CT molecular complexity index is 820. The van der Waals surface area contributed by atoms with Crippen molar-refractivity contribution in [3.8, 4) is 0 Å². The molecule has 2 N–H and O–H groups in total. The van der Waals surface area contributed by atoms with E-state index in [1.807, 2.05) is 30.3 Å². The van der Waals surface area contributed by atoms with E-state index in [9.17, 15) is 9.59 Å². The van der Waals surface area contributed by atoms with Gasteiger partial charge >= 0.3 is 5.97 Å². The minimum absolute atomic E-state index is 0.244. The summed E-state index contributed by atoms with van der Waals surface area (Å²) in [7, 11) is 1.27. The zero-order chi connectivity index (χ0) is 19.9. The van der Waals surface area contributed by atoms with Gasteiger partial charge in [0.1, 0.15) is 6.17 Å². The first-order valence-corrected chi connectivity index (χ1v) is 8.99. The number of carbonyl (C=O) groups is 2. The van der Waals surface area contributed by atoms with Gasteiger partial charge in [-0.25, -0.2) is 4.79 Å². The van der Waals surface area contributed by atoms with Crippen molar-refractivity contribution < 1.29 is 14.3 Å². The van der Waals surface area contributed by atoms with Crippen LogP contribution in [0.25, 0.3) is 6.08 Å². The van der Waals surface area contributed by atoms with Crippen molar-refractivity contribution >= 4 is 58.4 Å². The molecule has 2 aromatic carbocycles. The number of anilines is 1. The van der Waals surface area contributed by atoms with Crippen LogP contribution < -0.4 is 10.6 Å². The third kappa shape index (κ3) is 6.47. The maximum absolute atomic E-state index is 12.2. The van der Waals surface area contributed by atoms with Gasteiger partial charge in [-0.3, -0.25) is 4.79 Å². The van der Waals surface area contributed by atoms with Gasteiger partial charge < -0.3 is 15.4 Å². The Hall–Kier alpha value is -2.21. The van der Waals surface area contributed by atoms with Gasteiger partial charge in [-0.05, 0) is 23.8 Å². The lowest BCUT2D eigenvalue weighted by atomic mass is 10.1. The Morgan fingerprint density at radius 1 is 1.04 bits per heavy atom. The molecule has 0 saturated heterocycles. The number of alkyl halides is 3. The summed E-state index contributed by atoms with van der Waals surface area (Å²) in [6.07, 6.45) is 1.86. The monoisotopic (exact) mass is 426 g/mol. The smallest absolute Gasteiger partial charge is 0.339 e. The minimum atomic E-state index is -1.88. The molecule has 0 aliphatic heterocycles. The SMILES string of the molecule is COC(=O)c1ccccc1N[C@@H](NC(=O)/C=C/c1ccccc1)C(Cl)(Cl)Cl. The first kappa shape index (κ1) is 21.1. The highest BCUT2D eigenvalue weighted by Crippen LogP contribution is 2.32. The highest BCUT2D eigenvalue weighted by molar-refractivity contribution is 6.68. The van der Waals surface area contributed by atoms with E-state index in [0.717, 1.165) is 5.56 Å². The normalized spacial score (nSPS) is 12.4. The van der Waals surface area contributed by atoms with Crippen molar-refractivity contribution in [3.63, 3.8) is 0 Å². The standard InChI is InChI=1S/C19H17Cl3N2O3/c1-27-17(26)14-9-5-6-10-15(14)23-18(19(20,21)22)24-16(25)12-11-13-7-3-2-4-8-13/h2-12,18,23H,1H3,(H,24,25)/b12-11+/t18-/m0/s1. The van der Waals surface area contributed by atoms with E-state index in [4.69, 9.17) is 39.5 Å². The Morgan fingerprint density at radius 2 is 1.67 bits per heavy atom. The topological polar surface area (TPSA) is 67.4 Å².